The Morgan fingerprint density at radius 3 is 2.88 bits per heavy atom. The predicted molar refractivity (Wildman–Crippen MR) is 96.0 cm³/mol. The second-order valence-electron chi connectivity index (χ2n) is 6.47. The number of ether oxygens (including phenoxy) is 1. The summed E-state index contributed by atoms with van der Waals surface area (Å²) in [6, 6.07) is 11.9. The molecule has 26 heavy (non-hydrogen) atoms. The second kappa shape index (κ2) is 6.78. The summed E-state index contributed by atoms with van der Waals surface area (Å²) >= 11 is 0. The summed E-state index contributed by atoms with van der Waals surface area (Å²) < 4.78 is 19.0. The lowest BCUT2D eigenvalue weighted by atomic mass is 10.0. The Balaban J connectivity index is 1.50. The fraction of sp³-hybridized carbons (Fsp3) is 0.300. The van der Waals surface area contributed by atoms with Gasteiger partial charge in [0.2, 0.25) is 5.91 Å². The summed E-state index contributed by atoms with van der Waals surface area (Å²) in [5.41, 5.74) is 2.32. The average Bonchev–Trinajstić information content (AvgIpc) is 2.66. The monoisotopic (exact) mass is 354 g/mol. The SMILES string of the molecule is O=C(CCN1C(=O)COc2ccccc21)N1CCCc2ccc(F)cc21. The van der Waals surface area contributed by atoms with Crippen LogP contribution >= 0.6 is 0 Å². The zero-order valence-corrected chi connectivity index (χ0v) is 14.3. The Kier molecular flexibility index (Phi) is 4.32. The van der Waals surface area contributed by atoms with Crippen LogP contribution in [0.4, 0.5) is 15.8 Å². The van der Waals surface area contributed by atoms with E-state index in [1.54, 1.807) is 21.9 Å². The number of aryl methyl sites for hydroxylation is 1. The van der Waals surface area contributed by atoms with Crippen LogP contribution in [0.2, 0.25) is 0 Å². The van der Waals surface area contributed by atoms with Gasteiger partial charge in [-0.25, -0.2) is 4.39 Å². The van der Waals surface area contributed by atoms with E-state index in [9.17, 15) is 14.0 Å². The van der Waals surface area contributed by atoms with Gasteiger partial charge in [0.25, 0.3) is 5.91 Å². The Morgan fingerprint density at radius 2 is 2.00 bits per heavy atom. The second-order valence-corrected chi connectivity index (χ2v) is 6.47. The fourth-order valence-corrected chi connectivity index (χ4v) is 3.55. The number of carbonyl (C=O) groups excluding carboxylic acids is 2. The van der Waals surface area contributed by atoms with Crippen LogP contribution in [-0.2, 0) is 16.0 Å². The third kappa shape index (κ3) is 3.03. The molecule has 2 aliphatic rings. The quantitative estimate of drug-likeness (QED) is 0.852. The molecule has 0 aliphatic carbocycles. The van der Waals surface area contributed by atoms with E-state index in [4.69, 9.17) is 4.74 Å². The fourth-order valence-electron chi connectivity index (χ4n) is 3.55. The van der Waals surface area contributed by atoms with E-state index in [0.29, 0.717) is 23.7 Å². The van der Waals surface area contributed by atoms with Gasteiger partial charge in [-0.3, -0.25) is 9.59 Å². The molecule has 2 aromatic carbocycles. The first-order chi connectivity index (χ1) is 12.6. The first-order valence-electron chi connectivity index (χ1n) is 8.74. The first-order valence-corrected chi connectivity index (χ1v) is 8.74. The molecule has 0 bridgehead atoms. The molecule has 2 aromatic rings. The number of fused-ring (bicyclic) bond motifs is 2. The summed E-state index contributed by atoms with van der Waals surface area (Å²) in [6.45, 7) is 0.824. The summed E-state index contributed by atoms with van der Waals surface area (Å²) in [5, 5.41) is 0. The number of anilines is 2. The van der Waals surface area contributed by atoms with E-state index in [1.165, 1.54) is 12.1 Å². The lowest BCUT2D eigenvalue weighted by Gasteiger charge is -2.32. The molecule has 4 rings (SSSR count). The molecule has 0 atom stereocenters. The Labute approximate surface area is 151 Å². The highest BCUT2D eigenvalue weighted by atomic mass is 19.1. The number of nitrogens with zero attached hydrogens (tertiary/aromatic N) is 2. The molecule has 0 N–H and O–H groups in total. The minimum atomic E-state index is -0.347. The van der Waals surface area contributed by atoms with E-state index < -0.39 is 0 Å². The molecule has 0 unspecified atom stereocenters. The topological polar surface area (TPSA) is 49.9 Å². The zero-order valence-electron chi connectivity index (χ0n) is 14.3. The maximum absolute atomic E-state index is 13.6. The van der Waals surface area contributed by atoms with Gasteiger partial charge >= 0.3 is 0 Å². The van der Waals surface area contributed by atoms with Gasteiger partial charge in [-0.1, -0.05) is 18.2 Å². The van der Waals surface area contributed by atoms with Gasteiger partial charge in [0.1, 0.15) is 11.6 Å². The third-order valence-corrected chi connectivity index (χ3v) is 4.82. The van der Waals surface area contributed by atoms with Gasteiger partial charge in [0.05, 0.1) is 5.69 Å². The van der Waals surface area contributed by atoms with Crippen molar-refractivity contribution in [2.75, 3.05) is 29.5 Å². The van der Waals surface area contributed by atoms with Crippen molar-refractivity contribution in [2.24, 2.45) is 0 Å². The van der Waals surface area contributed by atoms with Gasteiger partial charge in [0, 0.05) is 25.2 Å². The summed E-state index contributed by atoms with van der Waals surface area (Å²) in [6.07, 6.45) is 1.87. The third-order valence-electron chi connectivity index (χ3n) is 4.82. The van der Waals surface area contributed by atoms with Crippen molar-refractivity contribution in [2.45, 2.75) is 19.3 Å². The van der Waals surface area contributed by atoms with E-state index in [0.717, 1.165) is 18.4 Å². The van der Waals surface area contributed by atoms with Crippen LogP contribution in [-0.4, -0.2) is 31.5 Å². The number of hydrogen-bond donors (Lipinski definition) is 0. The van der Waals surface area contributed by atoms with E-state index in [2.05, 4.69) is 0 Å². The normalized spacial score (nSPS) is 16.0. The molecule has 0 saturated carbocycles. The zero-order chi connectivity index (χ0) is 18.1. The van der Waals surface area contributed by atoms with Crippen LogP contribution in [0, 0.1) is 5.82 Å². The van der Waals surface area contributed by atoms with Crippen molar-refractivity contribution in [3.05, 3.63) is 53.8 Å². The Morgan fingerprint density at radius 1 is 1.15 bits per heavy atom. The maximum Gasteiger partial charge on any atom is 0.265 e. The standard InChI is InChI=1S/C20H19FN2O3/c21-15-8-7-14-4-3-10-22(17(14)12-15)19(24)9-11-23-16-5-1-2-6-18(16)26-13-20(23)25/h1-2,5-8,12H,3-4,9-11,13H2. The van der Waals surface area contributed by atoms with Gasteiger partial charge in [-0.05, 0) is 42.7 Å². The van der Waals surface area contributed by atoms with Crippen LogP contribution in [0.1, 0.15) is 18.4 Å². The number of para-hydroxylation sites is 2. The summed E-state index contributed by atoms with van der Waals surface area (Å²) in [4.78, 5) is 28.2. The first kappa shape index (κ1) is 16.6. The molecular formula is C20H19FN2O3. The predicted octanol–water partition coefficient (Wildman–Crippen LogP) is 2.92. The van der Waals surface area contributed by atoms with Crippen molar-refractivity contribution in [1.29, 1.82) is 0 Å². The number of carbonyl (C=O) groups is 2. The van der Waals surface area contributed by atoms with Crippen molar-refractivity contribution in [3.8, 4) is 5.75 Å². The molecule has 5 nitrogen and oxygen atoms in total. The molecule has 2 aliphatic heterocycles. The van der Waals surface area contributed by atoms with Gasteiger partial charge in [-0.15, -0.1) is 0 Å². The molecule has 2 heterocycles. The van der Waals surface area contributed by atoms with Crippen LogP contribution in [0.15, 0.2) is 42.5 Å². The number of rotatable bonds is 3. The Bertz CT molecular complexity index is 868. The molecule has 134 valence electrons. The smallest absolute Gasteiger partial charge is 0.265 e. The van der Waals surface area contributed by atoms with Crippen LogP contribution in [0.25, 0.3) is 0 Å². The molecule has 6 heteroatoms. The highest BCUT2D eigenvalue weighted by Crippen LogP contribution is 2.32. The highest BCUT2D eigenvalue weighted by molar-refractivity contribution is 6.00. The minimum Gasteiger partial charge on any atom is -0.482 e. The highest BCUT2D eigenvalue weighted by Gasteiger charge is 2.28. The van der Waals surface area contributed by atoms with E-state index >= 15 is 0 Å². The minimum absolute atomic E-state index is 0.0248. The number of halogens is 1. The summed E-state index contributed by atoms with van der Waals surface area (Å²) in [7, 11) is 0. The maximum atomic E-state index is 13.6. The van der Waals surface area contributed by atoms with Gasteiger partial charge < -0.3 is 14.5 Å². The van der Waals surface area contributed by atoms with Crippen molar-refractivity contribution in [1.82, 2.24) is 0 Å². The average molecular weight is 354 g/mol. The largest absolute Gasteiger partial charge is 0.482 e. The molecular weight excluding hydrogens is 335 g/mol. The van der Waals surface area contributed by atoms with Crippen molar-refractivity contribution < 1.29 is 18.7 Å². The summed E-state index contributed by atoms with van der Waals surface area (Å²) in [5.74, 6) is 0.0283. The number of amides is 2. The van der Waals surface area contributed by atoms with Gasteiger partial charge in [0.15, 0.2) is 6.61 Å². The van der Waals surface area contributed by atoms with Crippen molar-refractivity contribution in [3.63, 3.8) is 0 Å². The molecule has 0 radical (unpaired) electrons. The molecule has 0 spiro atoms. The van der Waals surface area contributed by atoms with E-state index in [-0.39, 0.29) is 37.2 Å². The Hall–Kier alpha value is -2.89. The molecule has 0 fully saturated rings. The van der Waals surface area contributed by atoms with Gasteiger partial charge in [-0.2, -0.15) is 0 Å². The molecule has 0 aromatic heterocycles. The number of benzene rings is 2. The van der Waals surface area contributed by atoms with E-state index in [1.807, 2.05) is 18.2 Å². The lowest BCUT2D eigenvalue weighted by molar-refractivity contribution is -0.121. The molecule has 0 saturated heterocycles. The van der Waals surface area contributed by atoms with Crippen molar-refractivity contribution >= 4 is 23.2 Å². The number of hydrogen-bond acceptors (Lipinski definition) is 3. The molecule has 2 amide bonds. The van der Waals surface area contributed by atoms with Crippen LogP contribution < -0.4 is 14.5 Å². The lowest BCUT2D eigenvalue weighted by Crippen LogP contribution is -2.42. The van der Waals surface area contributed by atoms with Crippen LogP contribution in [0.3, 0.4) is 0 Å². The van der Waals surface area contributed by atoms with Crippen LogP contribution in [0.5, 0.6) is 5.75 Å².